The molecule has 1 N–H and O–H groups in total. The summed E-state index contributed by atoms with van der Waals surface area (Å²) in [6, 6.07) is 13.6. The maximum absolute atomic E-state index is 14.3. The average molecular weight is 677 g/mol. The standard InChI is InChI=1S/C33H39Cl2N3O6S/c1-21-14-22(2)16-27(15-21)38(45(41,42)28-12-13-30(43-4)31(18-28)44-5)20-32(39)37(19-24-10-11-25(34)17-29(24)35)23(3)33(40)36-26-8-6-7-9-26/h10-18,23,26H,6-9,19-20H2,1-5H3,(H,36,40)/t23-/m1/s1. The van der Waals surface area contributed by atoms with Crippen molar-refractivity contribution in [3.8, 4) is 11.5 Å². The highest BCUT2D eigenvalue weighted by Gasteiger charge is 2.34. The maximum Gasteiger partial charge on any atom is 0.264 e. The lowest BCUT2D eigenvalue weighted by molar-refractivity contribution is -0.139. The third-order valence-electron chi connectivity index (χ3n) is 7.94. The number of carbonyl (C=O) groups excluding carboxylic acids is 2. The Kier molecular flexibility index (Phi) is 11.3. The number of rotatable bonds is 12. The summed E-state index contributed by atoms with van der Waals surface area (Å²) in [5, 5.41) is 3.81. The summed E-state index contributed by atoms with van der Waals surface area (Å²) in [5.74, 6) is -0.320. The molecule has 3 aromatic carbocycles. The van der Waals surface area contributed by atoms with Crippen LogP contribution in [0.4, 0.5) is 5.69 Å². The normalized spacial score (nSPS) is 14.1. The number of nitrogens with one attached hydrogen (secondary N) is 1. The predicted octanol–water partition coefficient (Wildman–Crippen LogP) is 6.30. The van der Waals surface area contributed by atoms with Crippen molar-refractivity contribution in [3.05, 3.63) is 81.3 Å². The largest absolute Gasteiger partial charge is 0.493 e. The number of nitrogens with zero attached hydrogens (tertiary/aromatic N) is 2. The van der Waals surface area contributed by atoms with E-state index in [1.807, 2.05) is 19.9 Å². The summed E-state index contributed by atoms with van der Waals surface area (Å²) >= 11 is 12.6. The van der Waals surface area contributed by atoms with E-state index >= 15 is 0 Å². The molecule has 242 valence electrons. The lowest BCUT2D eigenvalue weighted by Gasteiger charge is -2.33. The number of halogens is 2. The molecule has 1 saturated carbocycles. The maximum atomic E-state index is 14.3. The van der Waals surface area contributed by atoms with Gasteiger partial charge in [-0.2, -0.15) is 0 Å². The van der Waals surface area contributed by atoms with Crippen LogP contribution in [0.2, 0.25) is 10.0 Å². The predicted molar refractivity (Wildman–Crippen MR) is 177 cm³/mol. The zero-order valence-corrected chi connectivity index (χ0v) is 28.4. The number of aryl methyl sites for hydroxylation is 2. The topological polar surface area (TPSA) is 105 Å². The first-order chi connectivity index (χ1) is 21.3. The van der Waals surface area contributed by atoms with Gasteiger partial charge in [0.1, 0.15) is 12.6 Å². The van der Waals surface area contributed by atoms with Gasteiger partial charge in [0, 0.05) is 28.7 Å². The SMILES string of the molecule is COc1ccc(S(=O)(=O)N(CC(=O)N(Cc2ccc(Cl)cc2Cl)[C@H](C)C(=O)NC2CCCC2)c2cc(C)cc(C)c2)cc1OC. The third kappa shape index (κ3) is 8.23. The molecule has 0 saturated heterocycles. The van der Waals surface area contributed by atoms with Gasteiger partial charge in [-0.3, -0.25) is 13.9 Å². The third-order valence-corrected chi connectivity index (χ3v) is 10.3. The Morgan fingerprint density at radius 2 is 1.58 bits per heavy atom. The van der Waals surface area contributed by atoms with Gasteiger partial charge in [0.2, 0.25) is 11.8 Å². The summed E-state index contributed by atoms with van der Waals surface area (Å²) in [5.41, 5.74) is 2.51. The smallest absolute Gasteiger partial charge is 0.264 e. The minimum absolute atomic E-state index is 0.0354. The second-order valence-corrected chi connectivity index (χ2v) is 14.0. The Balaban J connectivity index is 1.76. The van der Waals surface area contributed by atoms with Crippen molar-refractivity contribution in [3.63, 3.8) is 0 Å². The zero-order valence-electron chi connectivity index (χ0n) is 26.1. The van der Waals surface area contributed by atoms with Crippen LogP contribution in [0, 0.1) is 13.8 Å². The highest BCUT2D eigenvalue weighted by Crippen LogP contribution is 2.33. The van der Waals surface area contributed by atoms with Crippen molar-refractivity contribution in [2.45, 2.75) is 70.0 Å². The monoisotopic (exact) mass is 675 g/mol. The van der Waals surface area contributed by atoms with E-state index in [-0.39, 0.29) is 29.1 Å². The minimum Gasteiger partial charge on any atom is -0.493 e. The van der Waals surface area contributed by atoms with Gasteiger partial charge in [0.15, 0.2) is 11.5 Å². The first-order valence-corrected chi connectivity index (χ1v) is 16.9. The van der Waals surface area contributed by atoms with E-state index in [9.17, 15) is 18.0 Å². The zero-order chi connectivity index (χ0) is 32.9. The molecular formula is C33H39Cl2N3O6S. The molecule has 0 aromatic heterocycles. The molecule has 2 amide bonds. The van der Waals surface area contributed by atoms with Crippen LogP contribution >= 0.6 is 23.2 Å². The first-order valence-electron chi connectivity index (χ1n) is 14.7. The first kappa shape index (κ1) is 34.4. The van der Waals surface area contributed by atoms with E-state index < -0.39 is 28.5 Å². The molecule has 4 rings (SSSR count). The Labute approximate surface area is 275 Å². The van der Waals surface area contributed by atoms with Crippen LogP contribution in [-0.4, -0.2) is 58.0 Å². The molecule has 0 spiro atoms. The Hall–Kier alpha value is -3.47. The molecule has 0 radical (unpaired) electrons. The average Bonchev–Trinajstić information content (AvgIpc) is 3.51. The van der Waals surface area contributed by atoms with Gasteiger partial charge in [0.05, 0.1) is 24.8 Å². The van der Waals surface area contributed by atoms with Gasteiger partial charge >= 0.3 is 0 Å². The van der Waals surface area contributed by atoms with Gasteiger partial charge in [-0.05, 0) is 86.7 Å². The lowest BCUT2D eigenvalue weighted by atomic mass is 10.1. The van der Waals surface area contributed by atoms with Crippen molar-refractivity contribution >= 4 is 50.7 Å². The number of hydrogen-bond acceptors (Lipinski definition) is 6. The van der Waals surface area contributed by atoms with Gasteiger partial charge in [-0.15, -0.1) is 0 Å². The highest BCUT2D eigenvalue weighted by molar-refractivity contribution is 7.92. The number of methoxy groups -OCH3 is 2. The highest BCUT2D eigenvalue weighted by atomic mass is 35.5. The summed E-state index contributed by atoms with van der Waals surface area (Å²) in [7, 11) is -1.45. The molecular weight excluding hydrogens is 637 g/mol. The Bertz CT molecular complexity index is 1640. The van der Waals surface area contributed by atoms with Crippen molar-refractivity contribution in [1.82, 2.24) is 10.2 Å². The molecule has 9 nitrogen and oxygen atoms in total. The minimum atomic E-state index is -4.32. The van der Waals surface area contributed by atoms with E-state index in [2.05, 4.69) is 5.32 Å². The fourth-order valence-electron chi connectivity index (χ4n) is 5.54. The molecule has 0 unspecified atom stereocenters. The Morgan fingerprint density at radius 1 is 0.933 bits per heavy atom. The fraction of sp³-hybridized carbons (Fsp3) is 0.394. The summed E-state index contributed by atoms with van der Waals surface area (Å²) in [6.45, 7) is 4.72. The van der Waals surface area contributed by atoms with E-state index in [1.165, 1.54) is 37.3 Å². The molecule has 1 aliphatic carbocycles. The number of ether oxygens (including phenoxy) is 2. The van der Waals surface area contributed by atoms with E-state index in [1.54, 1.807) is 37.3 Å². The van der Waals surface area contributed by atoms with Crippen LogP contribution in [0.15, 0.2) is 59.5 Å². The van der Waals surface area contributed by atoms with Crippen molar-refractivity contribution in [2.24, 2.45) is 0 Å². The molecule has 1 fully saturated rings. The number of benzene rings is 3. The molecule has 3 aromatic rings. The number of carbonyl (C=O) groups is 2. The van der Waals surface area contributed by atoms with E-state index in [0.29, 0.717) is 27.0 Å². The second-order valence-electron chi connectivity index (χ2n) is 11.3. The van der Waals surface area contributed by atoms with Gasteiger partial charge in [-0.1, -0.05) is 48.2 Å². The lowest BCUT2D eigenvalue weighted by Crippen LogP contribution is -2.52. The molecule has 0 heterocycles. The number of anilines is 1. The van der Waals surface area contributed by atoms with Crippen molar-refractivity contribution < 1.29 is 27.5 Å². The molecule has 45 heavy (non-hydrogen) atoms. The number of amides is 2. The van der Waals surface area contributed by atoms with Crippen LogP contribution in [-0.2, 0) is 26.2 Å². The van der Waals surface area contributed by atoms with Gasteiger partial charge in [0.25, 0.3) is 10.0 Å². The van der Waals surface area contributed by atoms with Crippen LogP contribution in [0.3, 0.4) is 0 Å². The number of sulfonamides is 1. The number of hydrogen-bond donors (Lipinski definition) is 1. The van der Waals surface area contributed by atoms with E-state index in [0.717, 1.165) is 41.1 Å². The van der Waals surface area contributed by atoms with Crippen LogP contribution < -0.4 is 19.1 Å². The summed E-state index contributed by atoms with van der Waals surface area (Å²) in [6.07, 6.45) is 3.81. The van der Waals surface area contributed by atoms with Crippen molar-refractivity contribution in [2.75, 3.05) is 25.1 Å². The molecule has 1 aliphatic rings. The Morgan fingerprint density at radius 3 is 2.18 bits per heavy atom. The van der Waals surface area contributed by atoms with E-state index in [4.69, 9.17) is 32.7 Å². The fourth-order valence-corrected chi connectivity index (χ4v) is 7.42. The van der Waals surface area contributed by atoms with Crippen LogP contribution in [0.5, 0.6) is 11.5 Å². The van der Waals surface area contributed by atoms with Gasteiger partial charge in [-0.25, -0.2) is 8.42 Å². The molecule has 0 aliphatic heterocycles. The quantitative estimate of drug-likeness (QED) is 0.242. The second kappa shape index (κ2) is 14.7. The molecule has 12 heteroatoms. The van der Waals surface area contributed by atoms with Crippen LogP contribution in [0.1, 0.15) is 49.3 Å². The van der Waals surface area contributed by atoms with Crippen LogP contribution in [0.25, 0.3) is 0 Å². The molecule has 1 atom stereocenters. The summed E-state index contributed by atoms with van der Waals surface area (Å²) in [4.78, 5) is 29.0. The summed E-state index contributed by atoms with van der Waals surface area (Å²) < 4.78 is 40.3. The van der Waals surface area contributed by atoms with Crippen molar-refractivity contribution in [1.29, 1.82) is 0 Å². The molecule has 0 bridgehead atoms. The van der Waals surface area contributed by atoms with Gasteiger partial charge < -0.3 is 19.7 Å².